The molecule has 32 heavy (non-hydrogen) atoms. The second kappa shape index (κ2) is 11.9. The summed E-state index contributed by atoms with van der Waals surface area (Å²) in [5.41, 5.74) is 0.207. The maximum Gasteiger partial charge on any atom is 0.229 e. The van der Waals surface area contributed by atoms with Gasteiger partial charge in [-0.25, -0.2) is 0 Å². The second-order valence-electron chi connectivity index (χ2n) is 6.84. The van der Waals surface area contributed by atoms with Gasteiger partial charge in [-0.1, -0.05) is 47.5 Å². The highest BCUT2D eigenvalue weighted by molar-refractivity contribution is 6.55. The zero-order chi connectivity index (χ0) is 24.0. The van der Waals surface area contributed by atoms with Crippen LogP contribution in [0.1, 0.15) is 34.1 Å². The Morgan fingerprint density at radius 2 is 1.59 bits per heavy atom. The lowest BCUT2D eigenvalue weighted by molar-refractivity contribution is -0.290. The van der Waals surface area contributed by atoms with Crippen molar-refractivity contribution in [3.05, 3.63) is 57.3 Å². The summed E-state index contributed by atoms with van der Waals surface area (Å²) in [5, 5.41) is 46.9. The summed E-state index contributed by atoms with van der Waals surface area (Å²) in [5.74, 6) is -1.53. The molecule has 1 aliphatic heterocycles. The predicted molar refractivity (Wildman–Crippen MR) is 114 cm³/mol. The number of rotatable bonds is 5. The maximum atomic E-state index is 13.0. The molecule has 3 rings (SSSR count). The Hall–Kier alpha value is -1.82. The van der Waals surface area contributed by atoms with Crippen molar-refractivity contribution in [2.75, 3.05) is 13.2 Å². The number of carbonyl (C=O) groups excluding carboxylic acids is 2. The van der Waals surface area contributed by atoms with Crippen LogP contribution in [-0.2, 0) is 9.47 Å². The Balaban J connectivity index is 0.00000114. The van der Waals surface area contributed by atoms with Crippen LogP contribution in [-0.4, -0.2) is 81.0 Å². The Morgan fingerprint density at radius 3 is 2.12 bits per heavy atom. The van der Waals surface area contributed by atoms with Crippen molar-refractivity contribution in [2.24, 2.45) is 0 Å². The molecule has 9 nitrogen and oxygen atoms in total. The molecular weight excluding hydrogens is 467 g/mol. The van der Waals surface area contributed by atoms with E-state index < -0.39 is 54.6 Å². The van der Waals surface area contributed by atoms with Crippen LogP contribution in [0.5, 0.6) is 0 Å². The van der Waals surface area contributed by atoms with E-state index in [1.807, 2.05) is 0 Å². The molecule has 0 aromatic heterocycles. The summed E-state index contributed by atoms with van der Waals surface area (Å²) in [6, 6.07) is 6.13. The highest BCUT2D eigenvalue weighted by Crippen LogP contribution is 2.32. The molecule has 0 spiro atoms. The van der Waals surface area contributed by atoms with Gasteiger partial charge in [0, 0.05) is 24.2 Å². The molecule has 0 radical (unpaired) electrons. The smallest absolute Gasteiger partial charge is 0.229 e. The van der Waals surface area contributed by atoms with Gasteiger partial charge in [-0.2, -0.15) is 0 Å². The molecule has 1 fully saturated rings. The molecule has 1 aromatic carbocycles. The average Bonchev–Trinajstić information content (AvgIpc) is 2.77. The molecule has 1 aliphatic carbocycles. The van der Waals surface area contributed by atoms with Gasteiger partial charge in [0.15, 0.2) is 11.5 Å². The molecule has 1 heterocycles. The summed E-state index contributed by atoms with van der Waals surface area (Å²) >= 11 is 11.3. The Bertz CT molecular complexity index is 893. The monoisotopic (exact) mass is 490 g/mol. The SMILES string of the molecule is CCO.O=C1C(CC=C(Cl)Cl)=C(OC2OC(CO)C(O)C(O)C2O)C(=O)c2ccccc21. The average molecular weight is 491 g/mol. The Morgan fingerprint density at radius 1 is 1.03 bits per heavy atom. The van der Waals surface area contributed by atoms with Gasteiger partial charge in [0.05, 0.1) is 12.2 Å². The quantitative estimate of drug-likeness (QED) is 0.403. The molecule has 1 aromatic rings. The summed E-state index contributed by atoms with van der Waals surface area (Å²) < 4.78 is 10.7. The van der Waals surface area contributed by atoms with E-state index >= 15 is 0 Å². The number of aliphatic hydroxyl groups is 5. The zero-order valence-electron chi connectivity index (χ0n) is 17.0. The third-order valence-corrected chi connectivity index (χ3v) is 5.02. The molecule has 5 atom stereocenters. The topological polar surface area (TPSA) is 154 Å². The van der Waals surface area contributed by atoms with E-state index in [1.54, 1.807) is 19.1 Å². The van der Waals surface area contributed by atoms with Crippen molar-refractivity contribution in [1.29, 1.82) is 0 Å². The number of benzene rings is 1. The van der Waals surface area contributed by atoms with E-state index in [0.29, 0.717) is 0 Å². The largest absolute Gasteiger partial charge is 0.457 e. The Labute approximate surface area is 194 Å². The van der Waals surface area contributed by atoms with Crippen LogP contribution in [0.2, 0.25) is 0 Å². The van der Waals surface area contributed by atoms with E-state index in [-0.39, 0.29) is 34.2 Å². The van der Waals surface area contributed by atoms with Crippen LogP contribution in [0.15, 0.2) is 46.2 Å². The highest BCUT2D eigenvalue weighted by atomic mass is 35.5. The van der Waals surface area contributed by atoms with Crippen molar-refractivity contribution in [3.8, 4) is 0 Å². The van der Waals surface area contributed by atoms with Crippen LogP contribution < -0.4 is 0 Å². The van der Waals surface area contributed by atoms with Crippen molar-refractivity contribution in [3.63, 3.8) is 0 Å². The molecule has 5 unspecified atom stereocenters. The number of halogens is 2. The van der Waals surface area contributed by atoms with Crippen LogP contribution in [0, 0.1) is 0 Å². The first-order chi connectivity index (χ1) is 15.2. The molecule has 0 bridgehead atoms. The number of aliphatic hydroxyl groups excluding tert-OH is 5. The van der Waals surface area contributed by atoms with E-state index in [2.05, 4.69) is 0 Å². The number of ketones is 2. The minimum Gasteiger partial charge on any atom is -0.457 e. The first-order valence-corrected chi connectivity index (χ1v) is 10.4. The number of hydrogen-bond donors (Lipinski definition) is 5. The van der Waals surface area contributed by atoms with Crippen molar-refractivity contribution in [1.82, 2.24) is 0 Å². The lowest BCUT2D eigenvalue weighted by atomic mass is 9.86. The molecule has 1 saturated heterocycles. The number of carbonyl (C=O) groups is 2. The van der Waals surface area contributed by atoms with Crippen LogP contribution in [0.3, 0.4) is 0 Å². The van der Waals surface area contributed by atoms with Crippen molar-refractivity contribution in [2.45, 2.75) is 44.1 Å². The Kier molecular flexibility index (Phi) is 9.81. The fourth-order valence-electron chi connectivity index (χ4n) is 3.17. The van der Waals surface area contributed by atoms with Gasteiger partial charge in [0.2, 0.25) is 12.1 Å². The summed E-state index contributed by atoms with van der Waals surface area (Å²) in [7, 11) is 0. The van der Waals surface area contributed by atoms with E-state index in [0.717, 1.165) is 0 Å². The minimum absolute atomic E-state index is 0.0653. The molecule has 0 saturated carbocycles. The second-order valence-corrected chi connectivity index (χ2v) is 7.85. The standard InChI is InChI=1S/C19H18Cl2O8.C2H6O/c20-12(21)6-5-10-13(23)8-3-1-2-4-9(8)14(24)18(10)29-19-17(27)16(26)15(25)11(7-22)28-19;1-2-3/h1-4,6,11,15-17,19,22,25-27H,5,7H2;3H,2H2,1H3. The van der Waals surface area contributed by atoms with E-state index in [4.69, 9.17) is 37.8 Å². The molecular formula is C21H24Cl2O9. The van der Waals surface area contributed by atoms with Gasteiger partial charge in [0.25, 0.3) is 0 Å². The van der Waals surface area contributed by atoms with Crippen molar-refractivity contribution >= 4 is 34.8 Å². The lowest BCUT2D eigenvalue weighted by Gasteiger charge is -2.40. The van der Waals surface area contributed by atoms with Gasteiger partial charge in [-0.15, -0.1) is 0 Å². The number of Topliss-reactive ketones (excluding diaryl/α,β-unsaturated/α-hetero) is 2. The summed E-state index contributed by atoms with van der Waals surface area (Å²) in [6.45, 7) is 1.26. The summed E-state index contributed by atoms with van der Waals surface area (Å²) in [6.07, 6.45) is -6.72. The van der Waals surface area contributed by atoms with Crippen LogP contribution in [0.4, 0.5) is 0 Å². The van der Waals surface area contributed by atoms with Gasteiger partial charge < -0.3 is 35.0 Å². The number of allylic oxidation sites excluding steroid dienone is 3. The minimum atomic E-state index is -1.74. The molecule has 11 heteroatoms. The van der Waals surface area contributed by atoms with Crippen LogP contribution in [0.25, 0.3) is 0 Å². The number of fused-ring (bicyclic) bond motifs is 1. The third-order valence-electron chi connectivity index (χ3n) is 4.71. The summed E-state index contributed by atoms with van der Waals surface area (Å²) in [4.78, 5) is 25.9. The van der Waals surface area contributed by atoms with Crippen molar-refractivity contribution < 1.29 is 44.6 Å². The fourth-order valence-corrected chi connectivity index (χ4v) is 3.33. The molecule has 5 N–H and O–H groups in total. The number of hydrogen-bond acceptors (Lipinski definition) is 9. The van der Waals surface area contributed by atoms with E-state index in [1.165, 1.54) is 18.2 Å². The maximum absolute atomic E-state index is 13.0. The van der Waals surface area contributed by atoms with Gasteiger partial charge >= 0.3 is 0 Å². The first-order valence-electron chi connectivity index (χ1n) is 9.68. The van der Waals surface area contributed by atoms with E-state index in [9.17, 15) is 30.0 Å². The van der Waals surface area contributed by atoms with Gasteiger partial charge in [-0.05, 0) is 13.0 Å². The lowest BCUT2D eigenvalue weighted by Crippen LogP contribution is -2.59. The first kappa shape index (κ1) is 26.4. The predicted octanol–water partition coefficient (Wildman–Crippen LogP) is 0.844. The molecule has 0 amide bonds. The van der Waals surface area contributed by atoms with Crippen LogP contribution >= 0.6 is 23.2 Å². The third kappa shape index (κ3) is 5.75. The fraction of sp³-hybridized carbons (Fsp3) is 0.429. The van der Waals surface area contributed by atoms with Gasteiger partial charge in [0.1, 0.15) is 28.9 Å². The normalized spacial score (nSPS) is 27.3. The van der Waals surface area contributed by atoms with Gasteiger partial charge in [-0.3, -0.25) is 9.59 Å². The molecule has 176 valence electrons. The zero-order valence-corrected chi connectivity index (χ0v) is 18.5. The highest BCUT2D eigenvalue weighted by Gasteiger charge is 2.46. The molecule has 2 aliphatic rings. The number of ether oxygens (including phenoxy) is 2.